The summed E-state index contributed by atoms with van der Waals surface area (Å²) in [5.41, 5.74) is 0.851. The molecule has 3 rings (SSSR count). The van der Waals surface area contributed by atoms with Crippen LogP contribution in [-0.2, 0) is 14.6 Å². The van der Waals surface area contributed by atoms with Gasteiger partial charge < -0.3 is 19.7 Å². The molecule has 8 heteroatoms. The number of benzene rings is 1. The fourth-order valence-corrected chi connectivity index (χ4v) is 5.37. The number of hydrogen-bond donors (Lipinski definition) is 1. The van der Waals surface area contributed by atoms with Gasteiger partial charge in [0.25, 0.3) is 0 Å². The molecule has 2 atom stereocenters. The molecule has 2 fully saturated rings. The predicted molar refractivity (Wildman–Crippen MR) is 102 cm³/mol. The maximum absolute atomic E-state index is 11.9. The fraction of sp³-hybridized carbons (Fsp3) is 0.588. The maximum Gasteiger partial charge on any atom is 0.173 e. The highest BCUT2D eigenvalue weighted by atomic mass is 32.2. The molecule has 2 heterocycles. The molecule has 1 N–H and O–H groups in total. The van der Waals surface area contributed by atoms with Gasteiger partial charge in [0.15, 0.2) is 14.9 Å². The van der Waals surface area contributed by atoms with E-state index in [1.54, 1.807) is 7.11 Å². The molecule has 0 saturated carbocycles. The smallest absolute Gasteiger partial charge is 0.173 e. The number of rotatable bonds is 5. The lowest BCUT2D eigenvalue weighted by atomic mass is 10.2. The number of hydrogen-bond acceptors (Lipinski definition) is 5. The van der Waals surface area contributed by atoms with E-state index in [1.807, 2.05) is 29.2 Å². The molecule has 1 aromatic carbocycles. The summed E-state index contributed by atoms with van der Waals surface area (Å²) >= 11 is 5.60. The molecule has 138 valence electrons. The molecule has 0 unspecified atom stereocenters. The first-order valence-corrected chi connectivity index (χ1v) is 10.7. The van der Waals surface area contributed by atoms with Crippen LogP contribution in [0, 0.1) is 0 Å². The second kappa shape index (κ2) is 7.88. The van der Waals surface area contributed by atoms with Gasteiger partial charge in [-0.15, -0.1) is 0 Å². The van der Waals surface area contributed by atoms with Gasteiger partial charge in [-0.05, 0) is 55.7 Å². The van der Waals surface area contributed by atoms with Crippen molar-refractivity contribution >= 4 is 32.9 Å². The lowest BCUT2D eigenvalue weighted by Gasteiger charge is -2.33. The number of methoxy groups -OCH3 is 1. The zero-order chi connectivity index (χ0) is 17.9. The van der Waals surface area contributed by atoms with Gasteiger partial charge >= 0.3 is 0 Å². The van der Waals surface area contributed by atoms with Crippen molar-refractivity contribution in [3.63, 3.8) is 0 Å². The Hall–Kier alpha value is -1.38. The van der Waals surface area contributed by atoms with Gasteiger partial charge in [0.05, 0.1) is 24.7 Å². The summed E-state index contributed by atoms with van der Waals surface area (Å²) in [6.07, 6.45) is 2.75. The van der Waals surface area contributed by atoms with E-state index in [9.17, 15) is 8.42 Å². The largest absolute Gasteiger partial charge is 0.497 e. The van der Waals surface area contributed by atoms with Gasteiger partial charge in [0.2, 0.25) is 0 Å². The molecule has 2 aliphatic heterocycles. The Balaban J connectivity index is 1.71. The van der Waals surface area contributed by atoms with Crippen molar-refractivity contribution in [1.29, 1.82) is 0 Å². The molecule has 2 aliphatic rings. The lowest BCUT2D eigenvalue weighted by Crippen LogP contribution is -2.47. The van der Waals surface area contributed by atoms with Crippen molar-refractivity contribution in [3.05, 3.63) is 24.3 Å². The number of nitrogens with zero attached hydrogens (tertiary/aromatic N) is 1. The molecule has 0 aromatic heterocycles. The molecule has 0 aliphatic carbocycles. The molecule has 0 amide bonds. The Labute approximate surface area is 154 Å². The topological polar surface area (TPSA) is 67.9 Å². The third-order valence-electron chi connectivity index (χ3n) is 4.68. The van der Waals surface area contributed by atoms with E-state index < -0.39 is 9.84 Å². The van der Waals surface area contributed by atoms with Crippen LogP contribution >= 0.6 is 12.2 Å². The Morgan fingerprint density at radius 2 is 2.12 bits per heavy atom. The highest BCUT2D eigenvalue weighted by molar-refractivity contribution is 7.91. The van der Waals surface area contributed by atoms with Crippen LogP contribution in [0.15, 0.2) is 24.3 Å². The number of ether oxygens (including phenoxy) is 2. The summed E-state index contributed by atoms with van der Waals surface area (Å²) in [4.78, 5) is 2.00. The molecule has 6 nitrogen and oxygen atoms in total. The van der Waals surface area contributed by atoms with Crippen LogP contribution in [0.2, 0.25) is 0 Å². The van der Waals surface area contributed by atoms with E-state index in [4.69, 9.17) is 21.7 Å². The SMILES string of the molecule is COc1ccc(NC(=S)N(C[C@@H]2CCCO2)[C@@H]2CCS(=O)(=O)C2)cc1. The van der Waals surface area contributed by atoms with Crippen molar-refractivity contribution in [1.82, 2.24) is 4.90 Å². The van der Waals surface area contributed by atoms with Crippen LogP contribution in [0.25, 0.3) is 0 Å². The summed E-state index contributed by atoms with van der Waals surface area (Å²) in [6.45, 7) is 1.39. The van der Waals surface area contributed by atoms with Gasteiger partial charge in [-0.2, -0.15) is 0 Å². The van der Waals surface area contributed by atoms with E-state index in [0.29, 0.717) is 18.1 Å². The van der Waals surface area contributed by atoms with Crippen LogP contribution in [0.5, 0.6) is 5.75 Å². The monoisotopic (exact) mass is 384 g/mol. The summed E-state index contributed by atoms with van der Waals surface area (Å²) in [7, 11) is -1.35. The van der Waals surface area contributed by atoms with E-state index in [0.717, 1.165) is 30.9 Å². The molecule has 1 aromatic rings. The molecular formula is C17H24N2O4S2. The standard InChI is InChI=1S/C17H24N2O4S2/c1-22-15-6-4-13(5-7-15)18-17(24)19(11-16-3-2-9-23-16)14-8-10-25(20,21)12-14/h4-7,14,16H,2-3,8-12H2,1H3,(H,18,24)/t14-,16+/m1/s1. The van der Waals surface area contributed by atoms with Crippen LogP contribution in [0.1, 0.15) is 19.3 Å². The van der Waals surface area contributed by atoms with Crippen LogP contribution in [0.4, 0.5) is 5.69 Å². The minimum absolute atomic E-state index is 0.0903. The second-order valence-electron chi connectivity index (χ2n) is 6.50. The maximum atomic E-state index is 11.9. The summed E-state index contributed by atoms with van der Waals surface area (Å²) in [6, 6.07) is 7.40. The first kappa shape index (κ1) is 18.4. The van der Waals surface area contributed by atoms with E-state index in [-0.39, 0.29) is 23.7 Å². The van der Waals surface area contributed by atoms with E-state index in [1.165, 1.54) is 0 Å². The predicted octanol–water partition coefficient (Wildman–Crippen LogP) is 2.06. The minimum Gasteiger partial charge on any atom is -0.497 e. The van der Waals surface area contributed by atoms with E-state index in [2.05, 4.69) is 5.32 Å². The summed E-state index contributed by atoms with van der Waals surface area (Å²) in [5.74, 6) is 1.16. The molecule has 0 bridgehead atoms. The van der Waals surface area contributed by atoms with Gasteiger partial charge in [-0.1, -0.05) is 0 Å². The van der Waals surface area contributed by atoms with Crippen molar-refractivity contribution in [2.75, 3.05) is 37.1 Å². The van der Waals surface area contributed by atoms with Crippen LogP contribution in [-0.4, -0.2) is 62.3 Å². The normalized spacial score (nSPS) is 24.8. The number of thiocarbonyl (C=S) groups is 1. The molecule has 0 radical (unpaired) electrons. The minimum atomic E-state index is -2.98. The lowest BCUT2D eigenvalue weighted by molar-refractivity contribution is 0.0851. The summed E-state index contributed by atoms with van der Waals surface area (Å²) < 4.78 is 34.7. The van der Waals surface area contributed by atoms with Crippen LogP contribution in [0.3, 0.4) is 0 Å². The Morgan fingerprint density at radius 1 is 1.36 bits per heavy atom. The molecule has 2 saturated heterocycles. The quantitative estimate of drug-likeness (QED) is 0.780. The van der Waals surface area contributed by atoms with Crippen LogP contribution < -0.4 is 10.1 Å². The Bertz CT molecular complexity index is 700. The van der Waals surface area contributed by atoms with Gasteiger partial charge in [0.1, 0.15) is 5.75 Å². The number of nitrogens with one attached hydrogen (secondary N) is 1. The molecule has 0 spiro atoms. The van der Waals surface area contributed by atoms with Crippen molar-refractivity contribution in [2.24, 2.45) is 0 Å². The highest BCUT2D eigenvalue weighted by Gasteiger charge is 2.35. The zero-order valence-electron chi connectivity index (χ0n) is 14.3. The highest BCUT2D eigenvalue weighted by Crippen LogP contribution is 2.23. The number of sulfone groups is 1. The molecule has 25 heavy (non-hydrogen) atoms. The third-order valence-corrected chi connectivity index (χ3v) is 6.76. The first-order valence-electron chi connectivity index (χ1n) is 8.50. The fourth-order valence-electron chi connectivity index (χ4n) is 3.30. The zero-order valence-corrected chi connectivity index (χ0v) is 15.9. The third kappa shape index (κ3) is 4.83. The Kier molecular flexibility index (Phi) is 5.81. The van der Waals surface area contributed by atoms with Crippen molar-refractivity contribution in [2.45, 2.75) is 31.4 Å². The van der Waals surface area contributed by atoms with E-state index >= 15 is 0 Å². The number of anilines is 1. The molecular weight excluding hydrogens is 360 g/mol. The van der Waals surface area contributed by atoms with Crippen molar-refractivity contribution in [3.8, 4) is 5.75 Å². The van der Waals surface area contributed by atoms with Gasteiger partial charge in [-0.25, -0.2) is 8.42 Å². The average molecular weight is 385 g/mol. The van der Waals surface area contributed by atoms with Gasteiger partial charge in [0, 0.05) is 24.9 Å². The van der Waals surface area contributed by atoms with Crippen molar-refractivity contribution < 1.29 is 17.9 Å². The Morgan fingerprint density at radius 3 is 2.68 bits per heavy atom. The first-order chi connectivity index (χ1) is 12.0. The van der Waals surface area contributed by atoms with Gasteiger partial charge in [-0.3, -0.25) is 0 Å². The summed E-state index contributed by atoms with van der Waals surface area (Å²) in [5, 5.41) is 3.77. The second-order valence-corrected chi connectivity index (χ2v) is 9.12. The average Bonchev–Trinajstić information content (AvgIpc) is 3.22.